The Kier molecular flexibility index (Phi) is 5.68. The number of sulfone groups is 1. The lowest BCUT2D eigenvalue weighted by Crippen LogP contribution is -2.28. The number of benzene rings is 1. The molecule has 2 aromatic rings. The molecule has 0 saturated heterocycles. The lowest BCUT2D eigenvalue weighted by molar-refractivity contribution is 0.0930. The maximum atomic E-state index is 12.3. The van der Waals surface area contributed by atoms with Crippen LogP contribution in [-0.4, -0.2) is 42.1 Å². The highest BCUT2D eigenvalue weighted by Crippen LogP contribution is 2.19. The number of nitrogens with two attached hydrogens (primary N) is 1. The van der Waals surface area contributed by atoms with Crippen molar-refractivity contribution >= 4 is 15.7 Å². The van der Waals surface area contributed by atoms with Gasteiger partial charge in [0, 0.05) is 12.8 Å². The summed E-state index contributed by atoms with van der Waals surface area (Å²) >= 11 is 0. The van der Waals surface area contributed by atoms with E-state index in [0.717, 1.165) is 11.8 Å². The van der Waals surface area contributed by atoms with Crippen molar-refractivity contribution in [1.29, 1.82) is 0 Å². The third-order valence-electron chi connectivity index (χ3n) is 3.55. The number of hydrogen-bond acceptors (Lipinski definition) is 6. The van der Waals surface area contributed by atoms with Gasteiger partial charge in [-0.1, -0.05) is 24.3 Å². The topological polar surface area (TPSA) is 120 Å². The first-order chi connectivity index (χ1) is 11.3. The Labute approximate surface area is 141 Å². The SMILES string of the molecule is CC[C@@H](NC(=O)c1cn(CCN)nn1)c1ccc(S(C)(=O)=O)cc1. The number of carbonyl (C=O) groups excluding carboxylic acids is 1. The molecule has 1 atom stereocenters. The van der Waals surface area contributed by atoms with Gasteiger partial charge in [-0.25, -0.2) is 8.42 Å². The smallest absolute Gasteiger partial charge is 0.273 e. The fraction of sp³-hybridized carbons (Fsp3) is 0.400. The van der Waals surface area contributed by atoms with Gasteiger partial charge in [0.05, 0.1) is 23.7 Å². The zero-order valence-electron chi connectivity index (χ0n) is 13.6. The van der Waals surface area contributed by atoms with Crippen LogP contribution in [0.2, 0.25) is 0 Å². The quantitative estimate of drug-likeness (QED) is 0.750. The van der Waals surface area contributed by atoms with Gasteiger partial charge in [0.1, 0.15) is 0 Å². The largest absolute Gasteiger partial charge is 0.344 e. The molecule has 0 saturated carbocycles. The van der Waals surface area contributed by atoms with Crippen LogP contribution in [-0.2, 0) is 16.4 Å². The number of nitrogens with zero attached hydrogens (tertiary/aromatic N) is 3. The van der Waals surface area contributed by atoms with Crippen LogP contribution in [0.25, 0.3) is 0 Å². The summed E-state index contributed by atoms with van der Waals surface area (Å²) in [5.41, 5.74) is 6.48. The van der Waals surface area contributed by atoms with Crippen molar-refractivity contribution in [3.8, 4) is 0 Å². The summed E-state index contributed by atoms with van der Waals surface area (Å²) < 4.78 is 24.5. The molecule has 0 fully saturated rings. The summed E-state index contributed by atoms with van der Waals surface area (Å²) in [5, 5.41) is 10.5. The molecule has 8 nitrogen and oxygen atoms in total. The van der Waals surface area contributed by atoms with E-state index in [2.05, 4.69) is 15.6 Å². The minimum absolute atomic E-state index is 0.217. The van der Waals surface area contributed by atoms with Crippen LogP contribution in [0.15, 0.2) is 35.4 Å². The second-order valence-corrected chi connectivity index (χ2v) is 7.45. The zero-order valence-corrected chi connectivity index (χ0v) is 14.5. The highest BCUT2D eigenvalue weighted by Gasteiger charge is 2.17. The predicted octanol–water partition coefficient (Wildman–Crippen LogP) is 0.521. The van der Waals surface area contributed by atoms with Gasteiger partial charge in [-0.3, -0.25) is 9.48 Å². The molecule has 1 aromatic carbocycles. The maximum absolute atomic E-state index is 12.3. The van der Waals surface area contributed by atoms with E-state index >= 15 is 0 Å². The lowest BCUT2D eigenvalue weighted by atomic mass is 10.0. The molecule has 9 heteroatoms. The van der Waals surface area contributed by atoms with E-state index in [1.54, 1.807) is 18.3 Å². The number of aromatic nitrogens is 3. The molecule has 1 amide bonds. The molecule has 0 bridgehead atoms. The lowest BCUT2D eigenvalue weighted by Gasteiger charge is -2.17. The second kappa shape index (κ2) is 7.54. The van der Waals surface area contributed by atoms with E-state index in [9.17, 15) is 13.2 Å². The summed E-state index contributed by atoms with van der Waals surface area (Å²) in [6, 6.07) is 6.24. The highest BCUT2D eigenvalue weighted by atomic mass is 32.2. The molecule has 1 aromatic heterocycles. The third-order valence-corrected chi connectivity index (χ3v) is 4.68. The van der Waals surface area contributed by atoms with Gasteiger partial charge in [0.2, 0.25) is 0 Å². The average Bonchev–Trinajstić information content (AvgIpc) is 3.01. The van der Waals surface area contributed by atoms with Crippen LogP contribution < -0.4 is 11.1 Å². The Balaban J connectivity index is 2.12. The molecular weight excluding hydrogens is 330 g/mol. The van der Waals surface area contributed by atoms with Crippen LogP contribution in [0.3, 0.4) is 0 Å². The van der Waals surface area contributed by atoms with Crippen LogP contribution in [0.1, 0.15) is 35.4 Å². The van der Waals surface area contributed by atoms with Crippen molar-refractivity contribution in [2.45, 2.75) is 30.8 Å². The first kappa shape index (κ1) is 18.1. The predicted molar refractivity (Wildman–Crippen MR) is 89.1 cm³/mol. The van der Waals surface area contributed by atoms with Gasteiger partial charge in [0.25, 0.3) is 5.91 Å². The fourth-order valence-electron chi connectivity index (χ4n) is 2.24. The Morgan fingerprint density at radius 3 is 2.54 bits per heavy atom. The maximum Gasteiger partial charge on any atom is 0.273 e. The molecule has 0 aliphatic heterocycles. The van der Waals surface area contributed by atoms with Gasteiger partial charge >= 0.3 is 0 Å². The Hall–Kier alpha value is -2.26. The average molecular weight is 351 g/mol. The van der Waals surface area contributed by atoms with Crippen LogP contribution >= 0.6 is 0 Å². The standard InChI is InChI=1S/C15H21N5O3S/c1-3-13(11-4-6-12(7-5-11)24(2,22)23)17-15(21)14-10-20(9-8-16)19-18-14/h4-7,10,13H,3,8-9,16H2,1-2H3,(H,17,21)/t13-/m1/s1. The minimum atomic E-state index is -3.24. The summed E-state index contributed by atoms with van der Waals surface area (Å²) in [6.45, 7) is 2.83. The number of rotatable bonds is 7. The number of hydrogen-bond donors (Lipinski definition) is 2. The van der Waals surface area contributed by atoms with Gasteiger partial charge < -0.3 is 11.1 Å². The molecule has 0 unspecified atom stereocenters. The summed E-state index contributed by atoms with van der Waals surface area (Å²) in [4.78, 5) is 12.5. The monoisotopic (exact) mass is 351 g/mol. The molecule has 130 valence electrons. The number of nitrogens with one attached hydrogen (secondary N) is 1. The molecule has 2 rings (SSSR count). The summed E-state index contributed by atoms with van der Waals surface area (Å²) in [6.07, 6.45) is 3.36. The van der Waals surface area contributed by atoms with Gasteiger partial charge in [-0.05, 0) is 24.1 Å². The number of carbonyl (C=O) groups is 1. The van der Waals surface area contributed by atoms with E-state index in [0.29, 0.717) is 19.5 Å². The summed E-state index contributed by atoms with van der Waals surface area (Å²) in [7, 11) is -3.24. The highest BCUT2D eigenvalue weighted by molar-refractivity contribution is 7.90. The normalized spacial score (nSPS) is 12.8. The first-order valence-corrected chi connectivity index (χ1v) is 9.45. The van der Waals surface area contributed by atoms with Crippen LogP contribution in [0, 0.1) is 0 Å². The van der Waals surface area contributed by atoms with Crippen LogP contribution in [0.4, 0.5) is 0 Å². The molecule has 0 aliphatic rings. The molecule has 0 radical (unpaired) electrons. The van der Waals surface area contributed by atoms with Gasteiger partial charge in [-0.2, -0.15) is 0 Å². The number of amides is 1. The van der Waals surface area contributed by atoms with Crippen molar-refractivity contribution in [2.75, 3.05) is 12.8 Å². The van der Waals surface area contributed by atoms with Crippen molar-refractivity contribution in [3.63, 3.8) is 0 Å². The molecule has 3 N–H and O–H groups in total. The van der Waals surface area contributed by atoms with Gasteiger partial charge in [0.15, 0.2) is 15.5 Å². The Morgan fingerprint density at radius 2 is 2.00 bits per heavy atom. The van der Waals surface area contributed by atoms with Crippen molar-refractivity contribution in [3.05, 3.63) is 41.7 Å². The van der Waals surface area contributed by atoms with Crippen molar-refractivity contribution in [1.82, 2.24) is 20.3 Å². The minimum Gasteiger partial charge on any atom is -0.344 e. The van der Waals surface area contributed by atoms with Gasteiger partial charge in [-0.15, -0.1) is 5.10 Å². The first-order valence-electron chi connectivity index (χ1n) is 7.56. The molecular formula is C15H21N5O3S. The van der Waals surface area contributed by atoms with Crippen LogP contribution in [0.5, 0.6) is 0 Å². The van der Waals surface area contributed by atoms with Crippen molar-refractivity contribution in [2.24, 2.45) is 5.73 Å². The van der Waals surface area contributed by atoms with E-state index < -0.39 is 9.84 Å². The van der Waals surface area contributed by atoms with E-state index in [1.807, 2.05) is 6.92 Å². The van der Waals surface area contributed by atoms with E-state index in [4.69, 9.17) is 5.73 Å². The molecule has 0 spiro atoms. The third kappa shape index (κ3) is 4.39. The second-order valence-electron chi connectivity index (χ2n) is 5.43. The Morgan fingerprint density at radius 1 is 1.33 bits per heavy atom. The van der Waals surface area contributed by atoms with Crippen molar-refractivity contribution < 1.29 is 13.2 Å². The fourth-order valence-corrected chi connectivity index (χ4v) is 2.88. The molecule has 24 heavy (non-hydrogen) atoms. The molecule has 0 aliphatic carbocycles. The Bertz CT molecular complexity index is 799. The van der Waals surface area contributed by atoms with E-state index in [1.165, 1.54) is 16.8 Å². The summed E-state index contributed by atoms with van der Waals surface area (Å²) in [5.74, 6) is -0.336. The molecule has 1 heterocycles. The zero-order chi connectivity index (χ0) is 17.7. The van der Waals surface area contributed by atoms with E-state index in [-0.39, 0.29) is 22.5 Å².